The van der Waals surface area contributed by atoms with E-state index < -0.39 is 0 Å². The van der Waals surface area contributed by atoms with E-state index in [-0.39, 0.29) is 0 Å². The molecule has 4 fully saturated rings. The average Bonchev–Trinajstić information content (AvgIpc) is 3.40. The zero-order valence-corrected chi connectivity index (χ0v) is 24.7. The molecule has 10 heteroatoms. The Bertz CT molecular complexity index is 1530. The third-order valence-electron chi connectivity index (χ3n) is 10.2. The summed E-state index contributed by atoms with van der Waals surface area (Å²) in [6, 6.07) is 20.4. The minimum absolute atomic E-state index is 0.311. The van der Waals surface area contributed by atoms with Crippen LogP contribution in [0.5, 0.6) is 11.5 Å². The van der Waals surface area contributed by atoms with Crippen LogP contribution in [0.25, 0.3) is 22.3 Å². The number of ether oxygens (including phenoxy) is 1. The van der Waals surface area contributed by atoms with E-state index in [1.54, 1.807) is 6.33 Å². The molecule has 0 spiro atoms. The summed E-state index contributed by atoms with van der Waals surface area (Å²) in [5, 5.41) is 9.37. The molecule has 224 valence electrons. The van der Waals surface area contributed by atoms with Gasteiger partial charge in [0.25, 0.3) is 0 Å². The number of rotatable bonds is 7. The Morgan fingerprint density at radius 2 is 1.35 bits per heavy atom. The SMILES string of the molecule is Nc1ncnc2c1c(-c1ccc(Oc3ccccc3)cc1)nn2C1CCC(N2CCN(C3CN(C4CNC4)C3)CC2)CC1. The standard InChI is InChI=1S/C33H41N9O/c34-32-30-31(23-6-12-29(13-7-23)43-28-4-2-1-3-5-28)38-42(33(30)37-22-36-32)25-10-8-24(9-11-25)39-14-16-40(17-15-39)27-20-41(21-27)26-18-35-19-26/h1-7,12-13,22,24-27,35H,8-11,14-21H2,(H2,34,36,37). The van der Waals surface area contributed by atoms with Gasteiger partial charge in [0.1, 0.15) is 29.3 Å². The maximum Gasteiger partial charge on any atom is 0.164 e. The lowest BCUT2D eigenvalue weighted by molar-refractivity contribution is -0.0351. The van der Waals surface area contributed by atoms with Crippen molar-refractivity contribution in [1.29, 1.82) is 0 Å². The molecule has 0 amide bonds. The first-order chi connectivity index (χ1) is 21.2. The first-order valence-corrected chi connectivity index (χ1v) is 15.9. The maximum atomic E-state index is 6.42. The first-order valence-electron chi connectivity index (χ1n) is 15.9. The number of nitrogens with zero attached hydrogens (tertiary/aromatic N) is 7. The molecule has 3 aliphatic heterocycles. The van der Waals surface area contributed by atoms with Crippen molar-refractivity contribution in [1.82, 2.24) is 39.8 Å². The van der Waals surface area contributed by atoms with Gasteiger partial charge in [-0.1, -0.05) is 18.2 Å². The number of hydrogen-bond acceptors (Lipinski definition) is 9. The van der Waals surface area contributed by atoms with Gasteiger partial charge in [-0.2, -0.15) is 5.10 Å². The lowest BCUT2D eigenvalue weighted by Gasteiger charge is -2.53. The van der Waals surface area contributed by atoms with Crippen LogP contribution < -0.4 is 15.8 Å². The third kappa shape index (κ3) is 5.26. The molecule has 1 saturated carbocycles. The second kappa shape index (κ2) is 11.5. The minimum atomic E-state index is 0.311. The van der Waals surface area contributed by atoms with E-state index in [1.165, 1.54) is 65.2 Å². The van der Waals surface area contributed by atoms with Crippen molar-refractivity contribution in [2.24, 2.45) is 0 Å². The Morgan fingerprint density at radius 1 is 0.698 bits per heavy atom. The molecule has 43 heavy (non-hydrogen) atoms. The number of fused-ring (bicyclic) bond motifs is 1. The zero-order chi connectivity index (χ0) is 28.8. The molecule has 5 heterocycles. The number of hydrogen-bond donors (Lipinski definition) is 2. The summed E-state index contributed by atoms with van der Waals surface area (Å²) in [7, 11) is 0. The molecular weight excluding hydrogens is 538 g/mol. The predicted octanol–water partition coefficient (Wildman–Crippen LogP) is 3.63. The lowest BCUT2D eigenvalue weighted by atomic mass is 9.89. The number of piperazine rings is 1. The van der Waals surface area contributed by atoms with Crippen LogP contribution in [-0.2, 0) is 0 Å². The Labute approximate surface area is 252 Å². The highest BCUT2D eigenvalue weighted by Gasteiger charge is 2.39. The van der Waals surface area contributed by atoms with E-state index in [0.29, 0.717) is 17.9 Å². The summed E-state index contributed by atoms with van der Waals surface area (Å²) >= 11 is 0. The molecule has 4 aromatic rings. The van der Waals surface area contributed by atoms with E-state index in [0.717, 1.165) is 58.7 Å². The van der Waals surface area contributed by atoms with Gasteiger partial charge in [-0.25, -0.2) is 14.6 Å². The second-order valence-electron chi connectivity index (χ2n) is 12.6. The van der Waals surface area contributed by atoms with Crippen LogP contribution in [0.2, 0.25) is 0 Å². The van der Waals surface area contributed by atoms with Crippen LogP contribution in [-0.4, -0.2) is 105 Å². The van der Waals surface area contributed by atoms with Crippen LogP contribution >= 0.6 is 0 Å². The van der Waals surface area contributed by atoms with Gasteiger partial charge < -0.3 is 15.8 Å². The first kappa shape index (κ1) is 27.0. The summed E-state index contributed by atoms with van der Waals surface area (Å²) in [5.41, 5.74) is 9.07. The van der Waals surface area contributed by atoms with Gasteiger partial charge in [-0.15, -0.1) is 0 Å². The molecule has 2 aromatic heterocycles. The van der Waals surface area contributed by atoms with E-state index >= 15 is 0 Å². The Balaban J connectivity index is 0.916. The molecule has 3 saturated heterocycles. The van der Waals surface area contributed by atoms with Crippen molar-refractivity contribution in [2.75, 3.05) is 58.1 Å². The Morgan fingerprint density at radius 3 is 2.02 bits per heavy atom. The molecule has 10 nitrogen and oxygen atoms in total. The molecule has 2 aromatic carbocycles. The molecule has 0 unspecified atom stereocenters. The molecule has 8 rings (SSSR count). The summed E-state index contributed by atoms with van der Waals surface area (Å²) < 4.78 is 8.13. The highest BCUT2D eigenvalue weighted by molar-refractivity contribution is 5.98. The highest BCUT2D eigenvalue weighted by atomic mass is 16.5. The number of anilines is 1. The van der Waals surface area contributed by atoms with E-state index in [4.69, 9.17) is 15.6 Å². The molecule has 3 N–H and O–H groups in total. The third-order valence-corrected chi connectivity index (χ3v) is 10.2. The number of nitrogen functional groups attached to an aromatic ring is 1. The molecule has 1 aliphatic carbocycles. The van der Waals surface area contributed by atoms with Gasteiger partial charge >= 0.3 is 0 Å². The van der Waals surface area contributed by atoms with Crippen LogP contribution in [0.1, 0.15) is 31.7 Å². The number of nitrogens with one attached hydrogen (secondary N) is 1. The van der Waals surface area contributed by atoms with E-state index in [1.807, 2.05) is 54.6 Å². The monoisotopic (exact) mass is 579 g/mol. The van der Waals surface area contributed by atoms with Gasteiger partial charge in [-0.3, -0.25) is 14.7 Å². The second-order valence-corrected chi connectivity index (χ2v) is 12.6. The van der Waals surface area contributed by atoms with Crippen LogP contribution in [0.4, 0.5) is 5.82 Å². The lowest BCUT2D eigenvalue weighted by Crippen LogP contribution is -2.70. The van der Waals surface area contributed by atoms with Crippen LogP contribution in [0, 0.1) is 0 Å². The van der Waals surface area contributed by atoms with Crippen molar-refractivity contribution in [3.63, 3.8) is 0 Å². The van der Waals surface area contributed by atoms with Crippen LogP contribution in [0.3, 0.4) is 0 Å². The van der Waals surface area contributed by atoms with Crippen molar-refractivity contribution >= 4 is 16.9 Å². The average molecular weight is 580 g/mol. The molecule has 0 bridgehead atoms. The van der Waals surface area contributed by atoms with Crippen molar-refractivity contribution in [2.45, 2.75) is 49.9 Å². The summed E-state index contributed by atoms with van der Waals surface area (Å²) in [5.74, 6) is 2.07. The maximum absolute atomic E-state index is 6.42. The summed E-state index contributed by atoms with van der Waals surface area (Å²) in [6.45, 7) is 9.68. The fourth-order valence-corrected chi connectivity index (χ4v) is 7.44. The molecule has 0 atom stereocenters. The quantitative estimate of drug-likeness (QED) is 0.340. The van der Waals surface area contributed by atoms with Crippen molar-refractivity contribution < 1.29 is 4.74 Å². The van der Waals surface area contributed by atoms with Gasteiger partial charge in [0.15, 0.2) is 5.65 Å². The summed E-state index contributed by atoms with van der Waals surface area (Å²) in [6.07, 6.45) is 6.15. The van der Waals surface area contributed by atoms with Gasteiger partial charge in [-0.05, 0) is 62.1 Å². The number of nitrogens with two attached hydrogens (primary N) is 1. The van der Waals surface area contributed by atoms with Crippen molar-refractivity contribution in [3.8, 4) is 22.8 Å². The fourth-order valence-electron chi connectivity index (χ4n) is 7.44. The zero-order valence-electron chi connectivity index (χ0n) is 24.7. The van der Waals surface area contributed by atoms with Crippen LogP contribution in [0.15, 0.2) is 60.9 Å². The minimum Gasteiger partial charge on any atom is -0.457 e. The van der Waals surface area contributed by atoms with Crippen molar-refractivity contribution in [3.05, 3.63) is 60.9 Å². The Hall–Kier alpha value is -3.57. The highest BCUT2D eigenvalue weighted by Crippen LogP contribution is 2.38. The predicted molar refractivity (Wildman–Crippen MR) is 168 cm³/mol. The van der Waals surface area contributed by atoms with E-state index in [2.05, 4.69) is 34.7 Å². The summed E-state index contributed by atoms with van der Waals surface area (Å²) in [4.78, 5) is 17.1. The molecular formula is C33H41N9O. The van der Waals surface area contributed by atoms with Gasteiger partial charge in [0.05, 0.1) is 11.4 Å². The number of likely N-dealkylation sites (tertiary alicyclic amines) is 1. The van der Waals surface area contributed by atoms with E-state index in [9.17, 15) is 0 Å². The van der Waals surface area contributed by atoms with Gasteiger partial charge in [0.2, 0.25) is 0 Å². The fraction of sp³-hybridized carbons (Fsp3) is 0.485. The largest absolute Gasteiger partial charge is 0.457 e. The Kier molecular flexibility index (Phi) is 7.22. The normalized spacial score (nSPS) is 24.6. The smallest absolute Gasteiger partial charge is 0.164 e. The topological polar surface area (TPSA) is 101 Å². The number of aromatic nitrogens is 4. The number of benzene rings is 2. The van der Waals surface area contributed by atoms with Gasteiger partial charge in [0, 0.05) is 76.0 Å². The molecule has 4 aliphatic rings. The molecule has 0 radical (unpaired) electrons. The number of para-hydroxylation sites is 1.